The van der Waals surface area contributed by atoms with E-state index in [-0.39, 0.29) is 16.2 Å². The largest absolute Gasteiger partial charge is 0.359 e. The second-order valence-corrected chi connectivity index (χ2v) is 8.83. The molecule has 0 aliphatic heterocycles. The molecule has 0 bridgehead atoms. The van der Waals surface area contributed by atoms with Crippen LogP contribution in [0.3, 0.4) is 0 Å². The van der Waals surface area contributed by atoms with Gasteiger partial charge in [0.05, 0.1) is 4.90 Å². The molecular formula is C18H24N2O3S. The van der Waals surface area contributed by atoms with Crippen molar-refractivity contribution in [2.45, 2.75) is 63.2 Å². The summed E-state index contributed by atoms with van der Waals surface area (Å²) in [5.41, 5.74) is 2.23. The van der Waals surface area contributed by atoms with Gasteiger partial charge in [-0.3, -0.25) is 4.72 Å². The second-order valence-electron chi connectivity index (χ2n) is 7.15. The number of hydrogen-bond donors (Lipinski definition) is 1. The molecule has 1 aliphatic rings. The van der Waals surface area contributed by atoms with Crippen molar-refractivity contribution in [2.24, 2.45) is 0 Å². The summed E-state index contributed by atoms with van der Waals surface area (Å²) < 4.78 is 33.4. The zero-order chi connectivity index (χ0) is 17.5. The van der Waals surface area contributed by atoms with Crippen molar-refractivity contribution in [3.8, 4) is 0 Å². The molecule has 1 saturated carbocycles. The molecule has 0 amide bonds. The van der Waals surface area contributed by atoms with Crippen LogP contribution in [-0.4, -0.2) is 13.6 Å². The molecule has 1 aromatic heterocycles. The van der Waals surface area contributed by atoms with Gasteiger partial charge in [-0.25, -0.2) is 8.42 Å². The maximum atomic E-state index is 12.7. The smallest absolute Gasteiger partial charge is 0.262 e. The van der Waals surface area contributed by atoms with Gasteiger partial charge in [-0.1, -0.05) is 38.1 Å². The van der Waals surface area contributed by atoms with E-state index in [9.17, 15) is 8.42 Å². The van der Waals surface area contributed by atoms with Crippen molar-refractivity contribution in [3.63, 3.8) is 0 Å². The molecule has 2 aromatic rings. The Morgan fingerprint density at radius 3 is 2.42 bits per heavy atom. The van der Waals surface area contributed by atoms with Crippen molar-refractivity contribution in [1.29, 1.82) is 0 Å². The number of benzene rings is 1. The maximum absolute atomic E-state index is 12.7. The van der Waals surface area contributed by atoms with Crippen LogP contribution in [0.15, 0.2) is 33.7 Å². The van der Waals surface area contributed by atoms with Crippen LogP contribution in [0.5, 0.6) is 0 Å². The minimum atomic E-state index is -3.65. The Labute approximate surface area is 143 Å². The summed E-state index contributed by atoms with van der Waals surface area (Å²) in [5, 5.41) is 3.91. The van der Waals surface area contributed by atoms with Crippen molar-refractivity contribution in [1.82, 2.24) is 5.16 Å². The summed E-state index contributed by atoms with van der Waals surface area (Å²) in [7, 11) is -3.65. The first-order valence-corrected chi connectivity index (χ1v) is 9.82. The number of hydrogen-bond acceptors (Lipinski definition) is 4. The monoisotopic (exact) mass is 348 g/mol. The van der Waals surface area contributed by atoms with E-state index in [1.165, 1.54) is 0 Å². The fourth-order valence-corrected chi connectivity index (χ4v) is 3.75. The molecule has 6 heteroatoms. The number of aromatic nitrogens is 1. The third kappa shape index (κ3) is 3.20. The van der Waals surface area contributed by atoms with Gasteiger partial charge in [-0.2, -0.15) is 0 Å². The zero-order valence-corrected chi connectivity index (χ0v) is 15.4. The van der Waals surface area contributed by atoms with Crippen LogP contribution < -0.4 is 4.72 Å². The Kier molecular flexibility index (Phi) is 4.20. The lowest BCUT2D eigenvalue weighted by Crippen LogP contribution is -2.17. The fourth-order valence-electron chi connectivity index (χ4n) is 2.62. The molecule has 0 saturated heterocycles. The molecule has 5 nitrogen and oxygen atoms in total. The molecule has 24 heavy (non-hydrogen) atoms. The average Bonchev–Trinajstić information content (AvgIpc) is 3.33. The quantitative estimate of drug-likeness (QED) is 0.842. The van der Waals surface area contributed by atoms with Gasteiger partial charge in [-0.15, -0.1) is 0 Å². The maximum Gasteiger partial charge on any atom is 0.262 e. The molecule has 1 N–H and O–H groups in total. The Morgan fingerprint density at radius 1 is 1.25 bits per heavy atom. The topological polar surface area (TPSA) is 72.2 Å². The van der Waals surface area contributed by atoms with Gasteiger partial charge in [0.2, 0.25) is 0 Å². The SMILES string of the molecule is CCC(C)(C)c1ccc(S(=O)(=O)Nc2c(C)noc2C2CC2)cc1. The third-order valence-corrected chi connectivity index (χ3v) is 6.27. The Hall–Kier alpha value is -1.82. The van der Waals surface area contributed by atoms with E-state index in [1.807, 2.05) is 12.1 Å². The Morgan fingerprint density at radius 2 is 1.88 bits per heavy atom. The average molecular weight is 348 g/mol. The van der Waals surface area contributed by atoms with Crippen molar-refractivity contribution in [3.05, 3.63) is 41.3 Å². The number of nitrogens with zero attached hydrogens (tertiary/aromatic N) is 1. The van der Waals surface area contributed by atoms with E-state index >= 15 is 0 Å². The summed E-state index contributed by atoms with van der Waals surface area (Å²) >= 11 is 0. The van der Waals surface area contributed by atoms with Gasteiger partial charge >= 0.3 is 0 Å². The third-order valence-electron chi connectivity index (χ3n) is 4.90. The summed E-state index contributed by atoms with van der Waals surface area (Å²) in [4.78, 5) is 0.250. The molecular weight excluding hydrogens is 324 g/mol. The first kappa shape index (κ1) is 17.0. The first-order valence-electron chi connectivity index (χ1n) is 8.34. The van der Waals surface area contributed by atoms with Gasteiger partial charge in [0.15, 0.2) is 5.76 Å². The number of rotatable bonds is 6. The van der Waals surface area contributed by atoms with Gasteiger partial charge in [-0.05, 0) is 49.3 Å². The zero-order valence-electron chi connectivity index (χ0n) is 14.6. The predicted octanol–water partition coefficient (Wildman–Crippen LogP) is 4.35. The van der Waals surface area contributed by atoms with Crippen LogP contribution in [-0.2, 0) is 15.4 Å². The van der Waals surface area contributed by atoms with E-state index in [0.29, 0.717) is 17.1 Å². The lowest BCUT2D eigenvalue weighted by molar-refractivity contribution is 0.381. The van der Waals surface area contributed by atoms with E-state index in [1.54, 1.807) is 19.1 Å². The highest BCUT2D eigenvalue weighted by Crippen LogP contribution is 2.44. The number of nitrogens with one attached hydrogen (secondary N) is 1. The van der Waals surface area contributed by atoms with Gasteiger partial charge in [0.25, 0.3) is 10.0 Å². The number of anilines is 1. The lowest BCUT2D eigenvalue weighted by Gasteiger charge is -2.23. The molecule has 1 heterocycles. The minimum Gasteiger partial charge on any atom is -0.359 e. The highest BCUT2D eigenvalue weighted by Gasteiger charge is 2.33. The highest BCUT2D eigenvalue weighted by atomic mass is 32.2. The highest BCUT2D eigenvalue weighted by molar-refractivity contribution is 7.92. The Bertz CT molecular complexity index is 832. The van der Waals surface area contributed by atoms with Crippen LogP contribution in [0.1, 0.15) is 63.0 Å². The molecule has 0 radical (unpaired) electrons. The number of sulfonamides is 1. The van der Waals surface area contributed by atoms with E-state index < -0.39 is 10.0 Å². The molecule has 130 valence electrons. The standard InChI is InChI=1S/C18H24N2O3S/c1-5-18(3,4)14-8-10-15(11-9-14)24(21,22)20-16-12(2)19-23-17(16)13-6-7-13/h8-11,13,20H,5-7H2,1-4H3. The van der Waals surface area contributed by atoms with Gasteiger partial charge in [0, 0.05) is 5.92 Å². The molecule has 3 rings (SSSR count). The molecule has 1 aliphatic carbocycles. The summed E-state index contributed by atoms with van der Waals surface area (Å²) in [5.74, 6) is 0.941. The van der Waals surface area contributed by atoms with Gasteiger partial charge < -0.3 is 4.52 Å². The normalized spacial score (nSPS) is 15.5. The lowest BCUT2D eigenvalue weighted by atomic mass is 9.82. The predicted molar refractivity (Wildman–Crippen MR) is 93.8 cm³/mol. The van der Waals surface area contributed by atoms with Crippen LogP contribution in [0, 0.1) is 6.92 Å². The summed E-state index contributed by atoms with van der Waals surface area (Å²) in [6.45, 7) is 8.18. The first-order chi connectivity index (χ1) is 11.2. The van der Waals surface area contributed by atoms with Crippen molar-refractivity contribution in [2.75, 3.05) is 4.72 Å². The fraction of sp³-hybridized carbons (Fsp3) is 0.500. The molecule has 0 spiro atoms. The van der Waals surface area contributed by atoms with Crippen LogP contribution in [0.25, 0.3) is 0 Å². The molecule has 0 atom stereocenters. The minimum absolute atomic E-state index is 0.0277. The van der Waals surface area contributed by atoms with E-state index in [2.05, 4.69) is 30.6 Å². The number of aryl methyl sites for hydroxylation is 1. The molecule has 1 fully saturated rings. The van der Waals surface area contributed by atoms with Crippen LogP contribution in [0.2, 0.25) is 0 Å². The van der Waals surface area contributed by atoms with Crippen LogP contribution in [0.4, 0.5) is 5.69 Å². The van der Waals surface area contributed by atoms with Crippen molar-refractivity contribution >= 4 is 15.7 Å². The second kappa shape index (κ2) is 5.92. The summed E-state index contributed by atoms with van der Waals surface area (Å²) in [6, 6.07) is 7.10. The van der Waals surface area contributed by atoms with E-state index in [0.717, 1.165) is 24.8 Å². The van der Waals surface area contributed by atoms with Crippen molar-refractivity contribution < 1.29 is 12.9 Å². The molecule has 1 aromatic carbocycles. The van der Waals surface area contributed by atoms with Crippen LogP contribution >= 0.6 is 0 Å². The van der Waals surface area contributed by atoms with E-state index in [4.69, 9.17) is 4.52 Å². The van der Waals surface area contributed by atoms with Gasteiger partial charge in [0.1, 0.15) is 11.4 Å². The Balaban J connectivity index is 1.87. The summed E-state index contributed by atoms with van der Waals surface area (Å²) in [6.07, 6.45) is 3.02. The molecule has 0 unspecified atom stereocenters.